The average molecular weight is 400 g/mol. The van der Waals surface area contributed by atoms with Crippen molar-refractivity contribution in [1.29, 1.82) is 0 Å². The van der Waals surface area contributed by atoms with Gasteiger partial charge in [-0.25, -0.2) is 4.68 Å². The summed E-state index contributed by atoms with van der Waals surface area (Å²) in [6, 6.07) is 14.8. The third-order valence-electron chi connectivity index (χ3n) is 4.24. The van der Waals surface area contributed by atoms with Gasteiger partial charge >= 0.3 is 0 Å². The minimum absolute atomic E-state index is 0.0991. The van der Waals surface area contributed by atoms with Gasteiger partial charge in [-0.15, -0.1) is 0 Å². The second-order valence-electron chi connectivity index (χ2n) is 6.30. The summed E-state index contributed by atoms with van der Waals surface area (Å²) in [5, 5.41) is 7.99. The summed E-state index contributed by atoms with van der Waals surface area (Å²) in [6.45, 7) is 1.88. The van der Waals surface area contributed by atoms with Crippen LogP contribution in [0.2, 0.25) is 5.02 Å². The van der Waals surface area contributed by atoms with Gasteiger partial charge in [0.05, 0.1) is 25.6 Å². The molecule has 1 amide bonds. The Morgan fingerprint density at radius 2 is 1.89 bits per heavy atom. The molecule has 1 N–H and O–H groups in total. The first-order chi connectivity index (χ1) is 13.5. The maximum Gasteiger partial charge on any atom is 0.225 e. The fourth-order valence-corrected chi connectivity index (χ4v) is 3.08. The molecule has 1 aromatic heterocycles. The molecule has 6 nitrogen and oxygen atoms in total. The number of nitrogens with one attached hydrogen (secondary N) is 1. The predicted octanol–water partition coefficient (Wildman–Crippen LogP) is 4.42. The molecule has 0 radical (unpaired) electrons. The summed E-state index contributed by atoms with van der Waals surface area (Å²) in [6.07, 6.45) is 0.908. The van der Waals surface area contributed by atoms with Crippen molar-refractivity contribution < 1.29 is 14.3 Å². The first-order valence-corrected chi connectivity index (χ1v) is 9.21. The SMILES string of the molecule is COc1ccc(CCC(=O)Nc2cc(C)nn2-c2cccc(Cl)c2)cc1OC. The quantitative estimate of drug-likeness (QED) is 0.638. The van der Waals surface area contributed by atoms with Crippen molar-refractivity contribution in [1.82, 2.24) is 9.78 Å². The molecular formula is C21H22ClN3O3. The van der Waals surface area contributed by atoms with Crippen LogP contribution in [0.3, 0.4) is 0 Å². The fraction of sp³-hybridized carbons (Fsp3) is 0.238. The lowest BCUT2D eigenvalue weighted by molar-refractivity contribution is -0.116. The lowest BCUT2D eigenvalue weighted by Crippen LogP contribution is -2.15. The molecule has 0 atom stereocenters. The molecule has 1 heterocycles. The second-order valence-corrected chi connectivity index (χ2v) is 6.74. The van der Waals surface area contributed by atoms with Gasteiger partial charge in [0.1, 0.15) is 5.82 Å². The number of methoxy groups -OCH3 is 2. The van der Waals surface area contributed by atoms with Crippen molar-refractivity contribution >= 4 is 23.3 Å². The highest BCUT2D eigenvalue weighted by Gasteiger charge is 2.12. The van der Waals surface area contributed by atoms with Crippen LogP contribution >= 0.6 is 11.6 Å². The summed E-state index contributed by atoms with van der Waals surface area (Å²) in [4.78, 5) is 12.5. The van der Waals surface area contributed by atoms with Crippen molar-refractivity contribution in [3.05, 3.63) is 64.8 Å². The number of aromatic nitrogens is 2. The van der Waals surface area contributed by atoms with Gasteiger partial charge in [-0.05, 0) is 49.2 Å². The van der Waals surface area contributed by atoms with Crippen molar-refractivity contribution in [2.45, 2.75) is 19.8 Å². The Morgan fingerprint density at radius 3 is 2.61 bits per heavy atom. The zero-order valence-corrected chi connectivity index (χ0v) is 16.8. The summed E-state index contributed by atoms with van der Waals surface area (Å²) in [5.74, 6) is 1.82. The molecule has 146 valence electrons. The maximum absolute atomic E-state index is 12.5. The van der Waals surface area contributed by atoms with Gasteiger partial charge in [-0.3, -0.25) is 4.79 Å². The number of hydrogen-bond acceptors (Lipinski definition) is 4. The van der Waals surface area contributed by atoms with Gasteiger partial charge in [0.25, 0.3) is 0 Å². The monoisotopic (exact) mass is 399 g/mol. The fourth-order valence-electron chi connectivity index (χ4n) is 2.89. The van der Waals surface area contributed by atoms with Crippen LogP contribution < -0.4 is 14.8 Å². The molecular weight excluding hydrogens is 378 g/mol. The smallest absolute Gasteiger partial charge is 0.225 e. The maximum atomic E-state index is 12.5. The zero-order chi connectivity index (χ0) is 20.1. The van der Waals surface area contributed by atoms with Crippen molar-refractivity contribution in [2.24, 2.45) is 0 Å². The minimum Gasteiger partial charge on any atom is -0.493 e. The summed E-state index contributed by atoms with van der Waals surface area (Å²) in [5.41, 5.74) is 2.58. The first-order valence-electron chi connectivity index (χ1n) is 8.83. The highest BCUT2D eigenvalue weighted by molar-refractivity contribution is 6.30. The number of anilines is 1. The molecule has 0 bridgehead atoms. The number of halogens is 1. The Labute approximate surface area is 169 Å². The van der Waals surface area contributed by atoms with E-state index in [2.05, 4.69) is 10.4 Å². The van der Waals surface area contributed by atoms with E-state index in [1.165, 1.54) is 0 Å². The van der Waals surface area contributed by atoms with E-state index in [0.29, 0.717) is 35.2 Å². The van der Waals surface area contributed by atoms with Gasteiger partial charge in [0.15, 0.2) is 11.5 Å². The number of carbonyl (C=O) groups excluding carboxylic acids is 1. The molecule has 7 heteroatoms. The van der Waals surface area contributed by atoms with Crippen molar-refractivity contribution in [2.75, 3.05) is 19.5 Å². The van der Waals surface area contributed by atoms with Crippen LogP contribution in [0.25, 0.3) is 5.69 Å². The van der Waals surface area contributed by atoms with Crippen LogP contribution in [-0.4, -0.2) is 29.9 Å². The molecule has 3 rings (SSSR count). The van der Waals surface area contributed by atoms with Crippen LogP contribution in [0.15, 0.2) is 48.5 Å². The molecule has 0 fully saturated rings. The number of benzene rings is 2. The van der Waals surface area contributed by atoms with Crippen molar-refractivity contribution in [3.8, 4) is 17.2 Å². The van der Waals surface area contributed by atoms with Crippen LogP contribution in [-0.2, 0) is 11.2 Å². The number of hydrogen-bond donors (Lipinski definition) is 1. The van der Waals surface area contributed by atoms with E-state index < -0.39 is 0 Å². The van der Waals surface area contributed by atoms with E-state index in [1.54, 1.807) is 31.0 Å². The third-order valence-corrected chi connectivity index (χ3v) is 4.48. The molecule has 0 spiro atoms. The molecule has 0 aliphatic rings. The Balaban J connectivity index is 1.69. The van der Waals surface area contributed by atoms with E-state index in [1.807, 2.05) is 43.3 Å². The van der Waals surface area contributed by atoms with Crippen LogP contribution in [0.4, 0.5) is 5.82 Å². The van der Waals surface area contributed by atoms with E-state index in [4.69, 9.17) is 21.1 Å². The highest BCUT2D eigenvalue weighted by Crippen LogP contribution is 2.28. The van der Waals surface area contributed by atoms with Crippen LogP contribution in [0, 0.1) is 6.92 Å². The first kappa shape index (κ1) is 19.8. The van der Waals surface area contributed by atoms with Crippen LogP contribution in [0.1, 0.15) is 17.7 Å². The molecule has 0 aliphatic heterocycles. The summed E-state index contributed by atoms with van der Waals surface area (Å²) >= 11 is 6.08. The molecule has 0 saturated heterocycles. The molecule has 2 aromatic carbocycles. The largest absolute Gasteiger partial charge is 0.493 e. The van der Waals surface area contributed by atoms with E-state index in [9.17, 15) is 4.79 Å². The number of nitrogens with zero attached hydrogens (tertiary/aromatic N) is 2. The molecule has 28 heavy (non-hydrogen) atoms. The van der Waals surface area contributed by atoms with Gasteiger partial charge < -0.3 is 14.8 Å². The molecule has 3 aromatic rings. The molecule has 0 aliphatic carbocycles. The predicted molar refractivity (Wildman–Crippen MR) is 110 cm³/mol. The normalized spacial score (nSPS) is 10.6. The van der Waals surface area contributed by atoms with Crippen molar-refractivity contribution in [3.63, 3.8) is 0 Å². The number of ether oxygens (including phenoxy) is 2. The van der Waals surface area contributed by atoms with Gasteiger partial charge in [0, 0.05) is 17.5 Å². The topological polar surface area (TPSA) is 65.4 Å². The number of aryl methyl sites for hydroxylation is 2. The van der Waals surface area contributed by atoms with E-state index in [0.717, 1.165) is 16.9 Å². The third kappa shape index (κ3) is 4.64. The number of rotatable bonds is 7. The van der Waals surface area contributed by atoms with Gasteiger partial charge in [0.2, 0.25) is 5.91 Å². The Bertz CT molecular complexity index is 985. The highest BCUT2D eigenvalue weighted by atomic mass is 35.5. The Morgan fingerprint density at radius 1 is 1.11 bits per heavy atom. The summed E-state index contributed by atoms with van der Waals surface area (Å²) < 4.78 is 12.2. The molecule has 0 unspecified atom stereocenters. The van der Waals surface area contributed by atoms with E-state index in [-0.39, 0.29) is 5.91 Å². The Hall–Kier alpha value is -2.99. The lowest BCUT2D eigenvalue weighted by atomic mass is 10.1. The van der Waals surface area contributed by atoms with Gasteiger partial charge in [-0.2, -0.15) is 5.10 Å². The van der Waals surface area contributed by atoms with Crippen LogP contribution in [0.5, 0.6) is 11.5 Å². The van der Waals surface area contributed by atoms with Gasteiger partial charge in [-0.1, -0.05) is 23.7 Å². The standard InChI is InChI=1S/C21H22ClN3O3/c1-14-11-20(25(24-14)17-6-4-5-16(22)13-17)23-21(26)10-8-15-7-9-18(27-2)19(12-15)28-3/h4-7,9,11-13H,8,10H2,1-3H3,(H,23,26). The van der Waals surface area contributed by atoms with E-state index >= 15 is 0 Å². The molecule has 0 saturated carbocycles. The second kappa shape index (κ2) is 8.80. The average Bonchev–Trinajstić information content (AvgIpc) is 3.06. The Kier molecular flexibility index (Phi) is 6.21. The zero-order valence-electron chi connectivity index (χ0n) is 16.0. The number of amides is 1. The lowest BCUT2D eigenvalue weighted by Gasteiger charge is -2.11. The number of carbonyl (C=O) groups is 1. The minimum atomic E-state index is -0.0991. The summed E-state index contributed by atoms with van der Waals surface area (Å²) in [7, 11) is 3.18.